The van der Waals surface area contributed by atoms with Gasteiger partial charge >= 0.3 is 6.03 Å². The molecule has 32 heavy (non-hydrogen) atoms. The number of nitrogens with two attached hydrogens (primary N) is 1. The molecule has 2 aromatic carbocycles. The van der Waals surface area contributed by atoms with Crippen LogP contribution in [0.5, 0.6) is 0 Å². The van der Waals surface area contributed by atoms with E-state index in [1.165, 1.54) is 5.01 Å². The van der Waals surface area contributed by atoms with Crippen LogP contribution in [0.3, 0.4) is 0 Å². The summed E-state index contributed by atoms with van der Waals surface area (Å²) < 4.78 is 0. The molecule has 0 spiro atoms. The monoisotopic (exact) mass is 434 g/mol. The lowest BCUT2D eigenvalue weighted by atomic mass is 10.0. The number of nitrogens with zero attached hydrogens (tertiary/aromatic N) is 3. The second-order valence-electron chi connectivity index (χ2n) is 7.88. The number of amides is 4. The van der Waals surface area contributed by atoms with E-state index in [0.29, 0.717) is 31.6 Å². The van der Waals surface area contributed by atoms with Crippen molar-refractivity contribution in [1.82, 2.24) is 10.2 Å². The molecule has 0 aromatic heterocycles. The molecule has 9 heteroatoms. The van der Waals surface area contributed by atoms with Crippen molar-refractivity contribution in [3.8, 4) is 0 Å². The van der Waals surface area contributed by atoms with Crippen molar-refractivity contribution in [2.75, 3.05) is 23.4 Å². The van der Waals surface area contributed by atoms with Gasteiger partial charge in [-0.2, -0.15) is 5.10 Å². The van der Waals surface area contributed by atoms with E-state index in [9.17, 15) is 14.4 Å². The Morgan fingerprint density at radius 1 is 0.938 bits per heavy atom. The van der Waals surface area contributed by atoms with Gasteiger partial charge in [0.25, 0.3) is 5.91 Å². The number of piperidine rings is 1. The van der Waals surface area contributed by atoms with Crippen LogP contribution in [0.15, 0.2) is 65.8 Å². The summed E-state index contributed by atoms with van der Waals surface area (Å²) in [5.74, 6) is -0.833. The molecular formula is C23H26N6O3. The third-order valence-electron chi connectivity index (χ3n) is 5.66. The quantitative estimate of drug-likeness (QED) is 0.666. The molecule has 9 nitrogen and oxygen atoms in total. The van der Waals surface area contributed by atoms with Crippen molar-refractivity contribution >= 4 is 34.9 Å². The summed E-state index contributed by atoms with van der Waals surface area (Å²) in [4.78, 5) is 38.9. The fourth-order valence-corrected chi connectivity index (χ4v) is 3.91. The number of hydrogen-bond donors (Lipinski definition) is 3. The smallest absolute Gasteiger partial charge is 0.321 e. The Kier molecular flexibility index (Phi) is 6.34. The molecule has 166 valence electrons. The number of para-hydroxylation sites is 2. The molecule has 2 heterocycles. The Bertz CT molecular complexity index is 1000. The molecule has 0 saturated carbocycles. The maximum atomic E-state index is 12.8. The number of carbonyl (C=O) groups is 3. The number of anilines is 2. The van der Waals surface area contributed by atoms with Crippen LogP contribution in [0.25, 0.3) is 0 Å². The molecule has 4 rings (SSSR count). The highest BCUT2D eigenvalue weighted by Gasteiger charge is 2.35. The Morgan fingerprint density at radius 3 is 2.19 bits per heavy atom. The average molecular weight is 435 g/mol. The molecule has 2 aliphatic heterocycles. The minimum absolute atomic E-state index is 0.0659. The van der Waals surface area contributed by atoms with Crippen molar-refractivity contribution in [2.45, 2.75) is 31.3 Å². The fourth-order valence-electron chi connectivity index (χ4n) is 3.91. The van der Waals surface area contributed by atoms with Gasteiger partial charge in [0.05, 0.1) is 5.69 Å². The number of hydrogen-bond acceptors (Lipinski definition) is 5. The highest BCUT2D eigenvalue weighted by Crippen LogP contribution is 2.24. The molecule has 1 atom stereocenters. The summed E-state index contributed by atoms with van der Waals surface area (Å²) in [5.41, 5.74) is 7.28. The van der Waals surface area contributed by atoms with Gasteiger partial charge in [-0.1, -0.05) is 36.4 Å². The normalized spacial score (nSPS) is 18.8. The maximum Gasteiger partial charge on any atom is 0.321 e. The van der Waals surface area contributed by atoms with E-state index in [1.807, 2.05) is 60.7 Å². The zero-order valence-electron chi connectivity index (χ0n) is 17.6. The van der Waals surface area contributed by atoms with E-state index >= 15 is 0 Å². The van der Waals surface area contributed by atoms with E-state index in [2.05, 4.69) is 15.7 Å². The first-order valence-corrected chi connectivity index (χ1v) is 10.6. The first-order valence-electron chi connectivity index (χ1n) is 10.6. The van der Waals surface area contributed by atoms with Crippen molar-refractivity contribution in [2.24, 2.45) is 10.8 Å². The van der Waals surface area contributed by atoms with Crippen LogP contribution in [0, 0.1) is 0 Å². The lowest BCUT2D eigenvalue weighted by Crippen LogP contribution is -2.49. The number of likely N-dealkylation sites (tertiary alicyclic amines) is 1. The summed E-state index contributed by atoms with van der Waals surface area (Å²) in [6.07, 6.45) is 1.44. The van der Waals surface area contributed by atoms with E-state index in [0.717, 1.165) is 5.69 Å². The molecular weight excluding hydrogens is 408 g/mol. The topological polar surface area (TPSA) is 120 Å². The van der Waals surface area contributed by atoms with Crippen molar-refractivity contribution in [1.29, 1.82) is 0 Å². The highest BCUT2D eigenvalue weighted by atomic mass is 16.2. The van der Waals surface area contributed by atoms with Gasteiger partial charge in [-0.15, -0.1) is 0 Å². The van der Waals surface area contributed by atoms with E-state index in [4.69, 9.17) is 5.73 Å². The van der Waals surface area contributed by atoms with Gasteiger partial charge in [0.15, 0.2) is 0 Å². The van der Waals surface area contributed by atoms with E-state index in [-0.39, 0.29) is 30.1 Å². The molecule has 4 N–H and O–H groups in total. The van der Waals surface area contributed by atoms with E-state index in [1.54, 1.807) is 4.90 Å². The first kappa shape index (κ1) is 21.4. The third kappa shape index (κ3) is 4.88. The Balaban J connectivity index is 1.32. The fraction of sp³-hybridized carbons (Fsp3) is 0.304. The molecule has 2 aliphatic rings. The molecule has 0 aliphatic carbocycles. The maximum absolute atomic E-state index is 12.8. The van der Waals surface area contributed by atoms with Crippen molar-refractivity contribution < 1.29 is 14.4 Å². The number of hydrazone groups is 1. The first-order chi connectivity index (χ1) is 15.5. The lowest BCUT2D eigenvalue weighted by Gasteiger charge is -2.32. The second kappa shape index (κ2) is 9.51. The summed E-state index contributed by atoms with van der Waals surface area (Å²) in [6.45, 7) is 1.08. The van der Waals surface area contributed by atoms with Gasteiger partial charge in [-0.3, -0.25) is 14.6 Å². The molecule has 1 fully saturated rings. The van der Waals surface area contributed by atoms with Crippen LogP contribution in [0.1, 0.15) is 19.3 Å². The summed E-state index contributed by atoms with van der Waals surface area (Å²) in [6, 6.07) is 17.6. The third-order valence-corrected chi connectivity index (χ3v) is 5.66. The zero-order chi connectivity index (χ0) is 22.5. The molecule has 4 amide bonds. The predicted octanol–water partition coefficient (Wildman–Crippen LogP) is 1.92. The molecule has 1 unspecified atom stereocenters. The number of urea groups is 1. The number of benzene rings is 2. The van der Waals surface area contributed by atoms with Crippen LogP contribution < -0.4 is 21.4 Å². The lowest BCUT2D eigenvalue weighted by molar-refractivity contribution is -0.119. The Morgan fingerprint density at radius 2 is 1.56 bits per heavy atom. The highest BCUT2D eigenvalue weighted by molar-refractivity contribution is 6.40. The Labute approximate surface area is 186 Å². The van der Waals surface area contributed by atoms with Gasteiger partial charge in [-0.05, 0) is 37.1 Å². The second-order valence-corrected chi connectivity index (χ2v) is 7.88. The van der Waals surface area contributed by atoms with Crippen LogP contribution >= 0.6 is 0 Å². The van der Waals surface area contributed by atoms with Crippen LogP contribution in [0.4, 0.5) is 16.2 Å². The number of rotatable bonds is 5. The van der Waals surface area contributed by atoms with Gasteiger partial charge in [0.1, 0.15) is 11.8 Å². The number of carbonyl (C=O) groups excluding carboxylic acids is 3. The predicted molar refractivity (Wildman–Crippen MR) is 122 cm³/mol. The molecule has 0 bridgehead atoms. The van der Waals surface area contributed by atoms with Crippen LogP contribution in [-0.2, 0) is 9.59 Å². The minimum Gasteiger partial charge on any atom is -0.368 e. The van der Waals surface area contributed by atoms with Crippen LogP contribution in [-0.4, -0.2) is 53.6 Å². The van der Waals surface area contributed by atoms with Gasteiger partial charge in [-0.25, -0.2) is 4.79 Å². The largest absolute Gasteiger partial charge is 0.368 e. The zero-order valence-corrected chi connectivity index (χ0v) is 17.6. The molecule has 0 radical (unpaired) electrons. The van der Waals surface area contributed by atoms with Crippen molar-refractivity contribution in [3.63, 3.8) is 0 Å². The van der Waals surface area contributed by atoms with Crippen molar-refractivity contribution in [3.05, 3.63) is 60.7 Å². The average Bonchev–Trinajstić information content (AvgIpc) is 3.27. The Hall–Kier alpha value is -3.88. The van der Waals surface area contributed by atoms with Gasteiger partial charge in [0, 0.05) is 31.2 Å². The number of primary amides is 1. The minimum atomic E-state index is -0.693. The van der Waals surface area contributed by atoms with E-state index < -0.39 is 11.9 Å². The standard InChI is InChI=1S/C23H26N6O3/c24-21(30)20-15-19(27-29(20)18-9-5-2-6-10-18)22(31)25-17-11-13-28(14-12-17)23(32)26-16-7-3-1-4-8-16/h1-10,17,20H,11-15H2,(H2,24,30)(H,25,31)(H,26,32). The summed E-state index contributed by atoms with van der Waals surface area (Å²) in [5, 5.41) is 11.8. The molecule has 1 saturated heterocycles. The van der Waals surface area contributed by atoms with Gasteiger partial charge in [0.2, 0.25) is 5.91 Å². The summed E-state index contributed by atoms with van der Waals surface area (Å²) in [7, 11) is 0. The SMILES string of the molecule is NC(=O)C1CC(C(=O)NC2CCN(C(=O)Nc3ccccc3)CC2)=NN1c1ccccc1. The van der Waals surface area contributed by atoms with Crippen LogP contribution in [0.2, 0.25) is 0 Å². The number of nitrogens with one attached hydrogen (secondary N) is 2. The van der Waals surface area contributed by atoms with Gasteiger partial charge < -0.3 is 21.3 Å². The summed E-state index contributed by atoms with van der Waals surface area (Å²) >= 11 is 0. The molecule has 2 aromatic rings.